The third-order valence-corrected chi connectivity index (χ3v) is 5.65. The van der Waals surface area contributed by atoms with Crippen LogP contribution in [0, 0.1) is 13.8 Å². The average Bonchev–Trinajstić information content (AvgIpc) is 3.15. The lowest BCUT2D eigenvalue weighted by atomic mass is 10.1. The molecule has 2 saturated heterocycles. The van der Waals surface area contributed by atoms with Gasteiger partial charge in [0.05, 0.1) is 19.3 Å². The molecule has 2 aliphatic rings. The van der Waals surface area contributed by atoms with Crippen molar-refractivity contribution in [2.75, 3.05) is 49.6 Å². The number of hydrogen-bond acceptors (Lipinski definition) is 8. The van der Waals surface area contributed by atoms with Crippen LogP contribution in [0.5, 0.6) is 0 Å². The van der Waals surface area contributed by atoms with Crippen molar-refractivity contribution in [2.45, 2.75) is 19.9 Å². The smallest absolute Gasteiger partial charge is 0.247 e. The zero-order valence-electron chi connectivity index (χ0n) is 17.3. The first kappa shape index (κ1) is 19.0. The van der Waals surface area contributed by atoms with E-state index in [1.54, 1.807) is 11.0 Å². The Bertz CT molecular complexity index is 1020. The van der Waals surface area contributed by atoms with Gasteiger partial charge < -0.3 is 15.0 Å². The second kappa shape index (κ2) is 8.00. The number of piperazine rings is 1. The fourth-order valence-corrected chi connectivity index (χ4v) is 3.92. The molecule has 0 atom stereocenters. The number of benzene rings is 1. The molecule has 1 N–H and O–H groups in total. The zero-order valence-corrected chi connectivity index (χ0v) is 17.3. The molecule has 0 spiro atoms. The van der Waals surface area contributed by atoms with Gasteiger partial charge in [0.15, 0.2) is 5.82 Å². The van der Waals surface area contributed by atoms with Crippen molar-refractivity contribution in [1.29, 1.82) is 0 Å². The second-order valence-electron chi connectivity index (χ2n) is 7.93. The average molecular weight is 406 g/mol. The van der Waals surface area contributed by atoms with Crippen molar-refractivity contribution in [1.82, 2.24) is 29.6 Å². The lowest BCUT2D eigenvalue weighted by molar-refractivity contribution is -0.0660. The molecular weight excluding hydrogens is 380 g/mol. The maximum absolute atomic E-state index is 5.34. The van der Waals surface area contributed by atoms with Gasteiger partial charge in [-0.25, -0.2) is 14.6 Å². The van der Waals surface area contributed by atoms with Crippen LogP contribution in [0.3, 0.4) is 0 Å². The van der Waals surface area contributed by atoms with Gasteiger partial charge in [-0.3, -0.25) is 4.90 Å². The van der Waals surface area contributed by atoms with Gasteiger partial charge in [-0.15, -0.1) is 5.10 Å². The molecule has 0 saturated carbocycles. The van der Waals surface area contributed by atoms with Crippen LogP contribution in [-0.4, -0.2) is 75.1 Å². The number of ether oxygens (including phenoxy) is 1. The summed E-state index contributed by atoms with van der Waals surface area (Å²) in [7, 11) is 0. The molecule has 0 amide bonds. The Morgan fingerprint density at radius 3 is 2.53 bits per heavy atom. The number of hydrogen-bond donors (Lipinski definition) is 1. The maximum Gasteiger partial charge on any atom is 0.247 e. The van der Waals surface area contributed by atoms with E-state index < -0.39 is 0 Å². The topological polar surface area (TPSA) is 84.2 Å². The van der Waals surface area contributed by atoms with Gasteiger partial charge in [0, 0.05) is 49.3 Å². The van der Waals surface area contributed by atoms with E-state index in [9.17, 15) is 0 Å². The Balaban J connectivity index is 1.28. The summed E-state index contributed by atoms with van der Waals surface area (Å²) in [5.74, 6) is 1.24. The van der Waals surface area contributed by atoms with Crippen molar-refractivity contribution in [3.63, 3.8) is 0 Å². The fraction of sp³-hybridized carbons (Fsp3) is 0.429. The Hall–Kier alpha value is -3.04. The molecule has 4 heterocycles. The van der Waals surface area contributed by atoms with E-state index in [-0.39, 0.29) is 0 Å². The van der Waals surface area contributed by atoms with E-state index in [1.165, 1.54) is 17.6 Å². The number of anilines is 3. The van der Waals surface area contributed by atoms with E-state index in [0.29, 0.717) is 17.8 Å². The van der Waals surface area contributed by atoms with Gasteiger partial charge >= 0.3 is 0 Å². The molecule has 9 nitrogen and oxygen atoms in total. The normalized spacial score (nSPS) is 17.7. The molecular formula is C21H26N8O. The largest absolute Gasteiger partial charge is 0.378 e. The summed E-state index contributed by atoms with van der Waals surface area (Å²) in [5.41, 5.74) is 4.30. The molecule has 2 fully saturated rings. The van der Waals surface area contributed by atoms with E-state index in [1.807, 2.05) is 13.0 Å². The monoisotopic (exact) mass is 406 g/mol. The number of aromatic nitrogens is 5. The minimum atomic E-state index is 0.539. The third-order valence-electron chi connectivity index (χ3n) is 5.65. The first-order chi connectivity index (χ1) is 14.6. The minimum absolute atomic E-state index is 0.539. The fourth-order valence-electron chi connectivity index (χ4n) is 3.92. The molecule has 0 bridgehead atoms. The van der Waals surface area contributed by atoms with Gasteiger partial charge in [0.1, 0.15) is 12.7 Å². The molecule has 0 radical (unpaired) electrons. The van der Waals surface area contributed by atoms with Crippen LogP contribution in [-0.2, 0) is 4.74 Å². The van der Waals surface area contributed by atoms with E-state index in [0.717, 1.165) is 50.8 Å². The lowest BCUT2D eigenvalue weighted by Crippen LogP contribution is -2.56. The summed E-state index contributed by atoms with van der Waals surface area (Å²) in [6.45, 7) is 10.0. The van der Waals surface area contributed by atoms with Crippen molar-refractivity contribution in [3.05, 3.63) is 48.2 Å². The molecule has 2 aromatic heterocycles. The molecule has 2 aliphatic heterocycles. The molecule has 3 aromatic rings. The van der Waals surface area contributed by atoms with Crippen molar-refractivity contribution in [3.8, 4) is 5.82 Å². The van der Waals surface area contributed by atoms with Gasteiger partial charge in [0.2, 0.25) is 5.95 Å². The predicted octanol–water partition coefficient (Wildman–Crippen LogP) is 1.94. The highest BCUT2D eigenvalue weighted by Gasteiger charge is 2.29. The standard InChI is InChI=1S/C21H26N8O/c1-15-7-17(25-21-24-14-29(26-21)20-9-16(2)22-13-23-20)10-18(8-15)27-3-5-28(6-4-27)19-11-30-12-19/h7-10,13-14,19H,3-6,11-12H2,1-2H3,(H,25,26). The van der Waals surface area contributed by atoms with Crippen LogP contribution in [0.4, 0.5) is 17.3 Å². The first-order valence-corrected chi connectivity index (χ1v) is 10.3. The van der Waals surface area contributed by atoms with E-state index in [2.05, 4.69) is 60.3 Å². The maximum atomic E-state index is 5.34. The minimum Gasteiger partial charge on any atom is -0.378 e. The Kier molecular flexibility index (Phi) is 5.06. The Morgan fingerprint density at radius 2 is 1.80 bits per heavy atom. The Labute approximate surface area is 175 Å². The second-order valence-corrected chi connectivity index (χ2v) is 7.93. The molecule has 0 aliphatic carbocycles. The molecule has 156 valence electrons. The highest BCUT2D eigenvalue weighted by Crippen LogP contribution is 2.26. The van der Waals surface area contributed by atoms with Crippen molar-refractivity contribution in [2.24, 2.45) is 0 Å². The quantitative estimate of drug-likeness (QED) is 0.688. The van der Waals surface area contributed by atoms with Crippen LogP contribution in [0.25, 0.3) is 5.82 Å². The lowest BCUT2D eigenvalue weighted by Gasteiger charge is -2.43. The number of aryl methyl sites for hydroxylation is 2. The van der Waals surface area contributed by atoms with Crippen LogP contribution < -0.4 is 10.2 Å². The summed E-state index contributed by atoms with van der Waals surface area (Å²) in [4.78, 5) is 17.7. The molecule has 0 unspecified atom stereocenters. The highest BCUT2D eigenvalue weighted by molar-refractivity contribution is 5.64. The van der Waals surface area contributed by atoms with Gasteiger partial charge in [-0.05, 0) is 37.6 Å². The Morgan fingerprint density at radius 1 is 0.967 bits per heavy atom. The van der Waals surface area contributed by atoms with Crippen LogP contribution in [0.15, 0.2) is 36.9 Å². The van der Waals surface area contributed by atoms with Crippen LogP contribution in [0.2, 0.25) is 0 Å². The first-order valence-electron chi connectivity index (χ1n) is 10.3. The SMILES string of the molecule is Cc1cc(Nc2ncn(-c3cc(C)ncn3)n2)cc(N2CCN(C3COC3)CC2)c1. The highest BCUT2D eigenvalue weighted by atomic mass is 16.5. The summed E-state index contributed by atoms with van der Waals surface area (Å²) < 4.78 is 6.99. The number of nitrogens with zero attached hydrogens (tertiary/aromatic N) is 7. The third kappa shape index (κ3) is 3.99. The summed E-state index contributed by atoms with van der Waals surface area (Å²) >= 11 is 0. The van der Waals surface area contributed by atoms with Crippen molar-refractivity contribution < 1.29 is 4.74 Å². The van der Waals surface area contributed by atoms with E-state index in [4.69, 9.17) is 4.74 Å². The van der Waals surface area contributed by atoms with Gasteiger partial charge in [-0.1, -0.05) is 0 Å². The van der Waals surface area contributed by atoms with E-state index >= 15 is 0 Å². The van der Waals surface area contributed by atoms with Crippen LogP contribution >= 0.6 is 0 Å². The number of rotatable bonds is 5. The summed E-state index contributed by atoms with van der Waals surface area (Å²) in [6, 6.07) is 9.01. The number of nitrogens with one attached hydrogen (secondary N) is 1. The molecule has 30 heavy (non-hydrogen) atoms. The van der Waals surface area contributed by atoms with Crippen molar-refractivity contribution >= 4 is 17.3 Å². The van der Waals surface area contributed by atoms with Gasteiger partial charge in [-0.2, -0.15) is 4.98 Å². The molecule has 5 rings (SSSR count). The zero-order chi connectivity index (χ0) is 20.5. The van der Waals surface area contributed by atoms with Crippen LogP contribution in [0.1, 0.15) is 11.3 Å². The molecule has 1 aromatic carbocycles. The van der Waals surface area contributed by atoms with Gasteiger partial charge in [0.25, 0.3) is 0 Å². The summed E-state index contributed by atoms with van der Waals surface area (Å²) in [6.07, 6.45) is 3.19. The summed E-state index contributed by atoms with van der Waals surface area (Å²) in [5, 5.41) is 7.84. The molecule has 9 heteroatoms. The predicted molar refractivity (Wildman–Crippen MR) is 115 cm³/mol.